The minimum Gasteiger partial charge on any atom is -0.320 e. The van der Waals surface area contributed by atoms with Crippen molar-refractivity contribution < 1.29 is 0 Å². The Kier molecular flexibility index (Phi) is 2.63. The van der Waals surface area contributed by atoms with Gasteiger partial charge in [-0.15, -0.1) is 17.0 Å². The Morgan fingerprint density at radius 2 is 1.13 bits per heavy atom. The van der Waals surface area contributed by atoms with Crippen LogP contribution in [-0.2, 0) is 0 Å². The maximum Gasteiger partial charge on any atom is 0.0563 e. The molecule has 2 N–H and O–H groups in total. The van der Waals surface area contributed by atoms with Gasteiger partial charge >= 0.3 is 0 Å². The fourth-order valence-corrected chi connectivity index (χ4v) is 2.19. The van der Waals surface area contributed by atoms with E-state index in [-0.39, 0.29) is 23.0 Å². The number of halogens is 1. The summed E-state index contributed by atoms with van der Waals surface area (Å²) in [6.45, 7) is 0. The third-order valence-corrected chi connectivity index (χ3v) is 2.88. The summed E-state index contributed by atoms with van der Waals surface area (Å²) in [6, 6.07) is 16.8. The largest absolute Gasteiger partial charge is 0.320 e. The van der Waals surface area contributed by atoms with Crippen molar-refractivity contribution in [3.63, 3.8) is 0 Å². The van der Waals surface area contributed by atoms with Crippen LogP contribution in [0.15, 0.2) is 48.5 Å². The average Bonchev–Trinajstić information content (AvgIpc) is 2.55. The topological polar surface area (TPSA) is 26.0 Å². The highest BCUT2D eigenvalue weighted by Crippen LogP contribution is 2.41. The minimum atomic E-state index is 0. The molecule has 0 heterocycles. The van der Waals surface area contributed by atoms with Gasteiger partial charge in [-0.1, -0.05) is 48.5 Å². The summed E-state index contributed by atoms with van der Waals surface area (Å²) >= 11 is 0. The van der Waals surface area contributed by atoms with E-state index in [2.05, 4.69) is 36.4 Å². The highest BCUT2D eigenvalue weighted by molar-refractivity contribution is 8.93. The van der Waals surface area contributed by atoms with Gasteiger partial charge in [-0.2, -0.15) is 0 Å². The molecule has 76 valence electrons. The lowest BCUT2D eigenvalue weighted by Crippen LogP contribution is -2.07. The smallest absolute Gasteiger partial charge is 0.0563 e. The van der Waals surface area contributed by atoms with Crippen LogP contribution in [0.4, 0.5) is 0 Å². The fourth-order valence-electron chi connectivity index (χ4n) is 2.19. The molecule has 1 aliphatic carbocycles. The quantitative estimate of drug-likeness (QED) is 0.774. The van der Waals surface area contributed by atoms with Crippen LogP contribution < -0.4 is 5.73 Å². The van der Waals surface area contributed by atoms with E-state index >= 15 is 0 Å². The van der Waals surface area contributed by atoms with Crippen molar-refractivity contribution in [2.24, 2.45) is 5.73 Å². The third kappa shape index (κ3) is 1.41. The van der Waals surface area contributed by atoms with E-state index in [0.29, 0.717) is 0 Å². The standard InChI is InChI=1S/C13H11N.BrH/c14-13-11-7-3-1-5-9(11)10-6-2-4-8-12(10)13;/h1-8,13H,14H2;1H. The van der Waals surface area contributed by atoms with Crippen LogP contribution in [0.5, 0.6) is 0 Å². The first-order valence-electron chi connectivity index (χ1n) is 4.82. The van der Waals surface area contributed by atoms with Gasteiger partial charge in [-0.05, 0) is 22.3 Å². The molecule has 0 spiro atoms. The first-order chi connectivity index (χ1) is 6.88. The molecule has 0 unspecified atom stereocenters. The molecule has 0 bridgehead atoms. The first-order valence-corrected chi connectivity index (χ1v) is 4.82. The van der Waals surface area contributed by atoms with Gasteiger partial charge in [0.05, 0.1) is 6.04 Å². The molecule has 0 saturated heterocycles. The maximum atomic E-state index is 6.16. The highest BCUT2D eigenvalue weighted by atomic mass is 79.9. The minimum absolute atomic E-state index is 0. The van der Waals surface area contributed by atoms with Crippen LogP contribution in [0.2, 0.25) is 0 Å². The molecule has 1 aliphatic rings. The van der Waals surface area contributed by atoms with Crippen molar-refractivity contribution in [3.05, 3.63) is 59.7 Å². The van der Waals surface area contributed by atoms with Gasteiger partial charge in [0.2, 0.25) is 0 Å². The number of benzene rings is 2. The Balaban J connectivity index is 0.000000853. The molecule has 2 aromatic carbocycles. The molecule has 2 aromatic rings. The Bertz CT molecular complexity index is 448. The third-order valence-electron chi connectivity index (χ3n) is 2.88. The van der Waals surface area contributed by atoms with E-state index in [1.54, 1.807) is 0 Å². The van der Waals surface area contributed by atoms with Crippen molar-refractivity contribution in [3.8, 4) is 11.1 Å². The second kappa shape index (κ2) is 3.80. The molecule has 0 radical (unpaired) electrons. The highest BCUT2D eigenvalue weighted by Gasteiger charge is 2.24. The van der Waals surface area contributed by atoms with Crippen molar-refractivity contribution in [1.29, 1.82) is 0 Å². The zero-order valence-corrected chi connectivity index (χ0v) is 9.89. The van der Waals surface area contributed by atoms with Crippen LogP contribution in [0, 0.1) is 0 Å². The zero-order chi connectivity index (χ0) is 9.54. The summed E-state index contributed by atoms with van der Waals surface area (Å²) in [5, 5.41) is 0. The van der Waals surface area contributed by atoms with Crippen molar-refractivity contribution in [2.45, 2.75) is 6.04 Å². The molecule has 0 amide bonds. The van der Waals surface area contributed by atoms with Crippen molar-refractivity contribution in [2.75, 3.05) is 0 Å². The normalized spacial score (nSPS) is 12.9. The van der Waals surface area contributed by atoms with E-state index in [1.165, 1.54) is 22.3 Å². The van der Waals surface area contributed by atoms with Crippen LogP contribution in [0.1, 0.15) is 17.2 Å². The van der Waals surface area contributed by atoms with Crippen LogP contribution in [0.3, 0.4) is 0 Å². The summed E-state index contributed by atoms with van der Waals surface area (Å²) < 4.78 is 0. The van der Waals surface area contributed by atoms with Crippen molar-refractivity contribution >= 4 is 17.0 Å². The number of rotatable bonds is 0. The lowest BCUT2D eigenvalue weighted by Gasteiger charge is -2.04. The average molecular weight is 262 g/mol. The lowest BCUT2D eigenvalue weighted by molar-refractivity contribution is 0.901. The summed E-state index contributed by atoms with van der Waals surface area (Å²) in [5.41, 5.74) is 11.2. The van der Waals surface area contributed by atoms with Gasteiger partial charge in [0.1, 0.15) is 0 Å². The molecule has 3 rings (SSSR count). The number of fused-ring (bicyclic) bond motifs is 3. The van der Waals surface area contributed by atoms with Gasteiger partial charge in [0.25, 0.3) is 0 Å². The molecular weight excluding hydrogens is 250 g/mol. The summed E-state index contributed by atoms with van der Waals surface area (Å²) in [4.78, 5) is 0. The zero-order valence-electron chi connectivity index (χ0n) is 8.18. The Morgan fingerprint density at radius 3 is 1.60 bits per heavy atom. The molecule has 0 fully saturated rings. The van der Waals surface area contributed by atoms with E-state index < -0.39 is 0 Å². The monoisotopic (exact) mass is 261 g/mol. The van der Waals surface area contributed by atoms with Crippen LogP contribution in [-0.4, -0.2) is 0 Å². The molecule has 0 saturated carbocycles. The molecule has 0 atom stereocenters. The van der Waals surface area contributed by atoms with Gasteiger partial charge in [-0.25, -0.2) is 0 Å². The summed E-state index contributed by atoms with van der Waals surface area (Å²) in [6.07, 6.45) is 0. The molecule has 1 nitrogen and oxygen atoms in total. The second-order valence-corrected chi connectivity index (χ2v) is 3.65. The molecule has 0 aromatic heterocycles. The lowest BCUT2D eigenvalue weighted by atomic mass is 10.1. The van der Waals surface area contributed by atoms with Gasteiger partial charge in [-0.3, -0.25) is 0 Å². The molecule has 2 heteroatoms. The van der Waals surface area contributed by atoms with Crippen LogP contribution in [0.25, 0.3) is 11.1 Å². The van der Waals surface area contributed by atoms with E-state index in [9.17, 15) is 0 Å². The molecule has 15 heavy (non-hydrogen) atoms. The number of nitrogens with two attached hydrogens (primary N) is 1. The van der Waals surface area contributed by atoms with Gasteiger partial charge in [0.15, 0.2) is 0 Å². The summed E-state index contributed by atoms with van der Waals surface area (Å²) in [7, 11) is 0. The molecular formula is C13H12BrN. The SMILES string of the molecule is Br.NC1c2ccccc2-c2ccccc21. The van der Waals surface area contributed by atoms with E-state index in [4.69, 9.17) is 5.73 Å². The fraction of sp³-hybridized carbons (Fsp3) is 0.0769. The Morgan fingerprint density at radius 1 is 0.733 bits per heavy atom. The van der Waals surface area contributed by atoms with Gasteiger partial charge in [0, 0.05) is 0 Å². The number of hydrogen-bond acceptors (Lipinski definition) is 1. The van der Waals surface area contributed by atoms with Crippen molar-refractivity contribution in [1.82, 2.24) is 0 Å². The Hall–Kier alpha value is -1.12. The van der Waals surface area contributed by atoms with Gasteiger partial charge < -0.3 is 5.73 Å². The predicted molar refractivity (Wildman–Crippen MR) is 68.2 cm³/mol. The molecule has 0 aliphatic heterocycles. The Labute approximate surface area is 99.7 Å². The first kappa shape index (κ1) is 10.4. The maximum absolute atomic E-state index is 6.16. The second-order valence-electron chi connectivity index (χ2n) is 3.65. The number of hydrogen-bond donors (Lipinski definition) is 1. The van der Waals surface area contributed by atoms with E-state index in [0.717, 1.165) is 0 Å². The van der Waals surface area contributed by atoms with E-state index in [1.807, 2.05) is 12.1 Å². The summed E-state index contributed by atoms with van der Waals surface area (Å²) in [5.74, 6) is 0. The predicted octanol–water partition coefficient (Wildman–Crippen LogP) is 3.29. The van der Waals surface area contributed by atoms with Crippen LogP contribution >= 0.6 is 17.0 Å².